The average Bonchev–Trinajstić information content (AvgIpc) is 2.31. The molecule has 0 bridgehead atoms. The van der Waals surface area contributed by atoms with Gasteiger partial charge in [-0.2, -0.15) is 0 Å². The van der Waals surface area contributed by atoms with Crippen LogP contribution in [0.5, 0.6) is 0 Å². The summed E-state index contributed by atoms with van der Waals surface area (Å²) < 4.78 is 13.5. The summed E-state index contributed by atoms with van der Waals surface area (Å²) in [6.07, 6.45) is 1.18. The molecule has 5 nitrogen and oxygen atoms in total. The molecule has 1 heterocycles. The van der Waals surface area contributed by atoms with Crippen LogP contribution in [0.2, 0.25) is 0 Å². The number of aromatic amines is 1. The Kier molecular flexibility index (Phi) is 3.06. The van der Waals surface area contributed by atoms with Crippen LogP contribution in [0.25, 0.3) is 10.9 Å². The molecule has 17 heavy (non-hydrogen) atoms. The van der Waals surface area contributed by atoms with Crippen LogP contribution in [0, 0.1) is 5.82 Å². The van der Waals surface area contributed by atoms with Gasteiger partial charge in [0.05, 0.1) is 22.9 Å². The largest absolute Gasteiger partial charge is 0.323 e. The molecule has 0 spiro atoms. The van der Waals surface area contributed by atoms with E-state index >= 15 is 0 Å². The molecule has 0 atom stereocenters. The predicted octanol–water partition coefficient (Wildman–Crippen LogP) is 1.24. The third-order valence-electron chi connectivity index (χ3n) is 2.12. The van der Waals surface area contributed by atoms with Crippen molar-refractivity contribution in [2.45, 2.75) is 0 Å². The summed E-state index contributed by atoms with van der Waals surface area (Å²) in [5.41, 5.74) is -0.284. The van der Waals surface area contributed by atoms with Crippen LogP contribution in [0.3, 0.4) is 0 Å². The van der Waals surface area contributed by atoms with Gasteiger partial charge in [-0.15, -0.1) is 11.6 Å². The van der Waals surface area contributed by atoms with E-state index in [-0.39, 0.29) is 22.5 Å². The summed E-state index contributed by atoms with van der Waals surface area (Å²) in [7, 11) is 0. The normalized spacial score (nSPS) is 10.5. The number of carbonyl (C=O) groups is 1. The van der Waals surface area contributed by atoms with Crippen molar-refractivity contribution in [3.63, 3.8) is 0 Å². The van der Waals surface area contributed by atoms with Gasteiger partial charge in [-0.1, -0.05) is 0 Å². The van der Waals surface area contributed by atoms with Crippen LogP contribution in [-0.2, 0) is 4.79 Å². The molecular formula is C10H7ClFN3O2. The van der Waals surface area contributed by atoms with Crippen molar-refractivity contribution in [2.24, 2.45) is 0 Å². The molecule has 88 valence electrons. The molecule has 1 aromatic heterocycles. The van der Waals surface area contributed by atoms with Crippen molar-refractivity contribution in [2.75, 3.05) is 11.2 Å². The number of hydrogen-bond donors (Lipinski definition) is 2. The fourth-order valence-electron chi connectivity index (χ4n) is 1.37. The van der Waals surface area contributed by atoms with E-state index in [0.717, 1.165) is 6.07 Å². The van der Waals surface area contributed by atoms with Crippen molar-refractivity contribution < 1.29 is 9.18 Å². The molecular weight excluding hydrogens is 249 g/mol. The van der Waals surface area contributed by atoms with Gasteiger partial charge < -0.3 is 10.3 Å². The highest BCUT2D eigenvalue weighted by Gasteiger charge is 2.10. The quantitative estimate of drug-likeness (QED) is 0.793. The van der Waals surface area contributed by atoms with Crippen molar-refractivity contribution in [3.8, 4) is 0 Å². The number of carbonyl (C=O) groups excluding carboxylic acids is 1. The van der Waals surface area contributed by atoms with E-state index in [0.29, 0.717) is 0 Å². The Morgan fingerprint density at radius 2 is 2.29 bits per heavy atom. The number of aromatic nitrogens is 2. The van der Waals surface area contributed by atoms with Gasteiger partial charge in [0, 0.05) is 6.07 Å². The molecule has 0 radical (unpaired) electrons. The van der Waals surface area contributed by atoms with E-state index in [4.69, 9.17) is 11.6 Å². The van der Waals surface area contributed by atoms with Gasteiger partial charge >= 0.3 is 0 Å². The van der Waals surface area contributed by atoms with E-state index in [2.05, 4.69) is 15.3 Å². The number of H-pyrrole nitrogens is 1. The van der Waals surface area contributed by atoms with Crippen molar-refractivity contribution in [1.82, 2.24) is 9.97 Å². The number of halogens is 2. The minimum atomic E-state index is -0.672. The number of alkyl halides is 1. The smallest absolute Gasteiger partial charge is 0.258 e. The van der Waals surface area contributed by atoms with Crippen LogP contribution < -0.4 is 10.9 Å². The maximum Gasteiger partial charge on any atom is 0.258 e. The second-order valence-corrected chi connectivity index (χ2v) is 3.53. The van der Waals surface area contributed by atoms with Gasteiger partial charge in [0.2, 0.25) is 5.91 Å². The molecule has 0 aliphatic rings. The summed E-state index contributed by atoms with van der Waals surface area (Å²) in [6.45, 7) is 0. The van der Waals surface area contributed by atoms with E-state index in [1.165, 1.54) is 12.4 Å². The molecule has 7 heteroatoms. The highest BCUT2D eigenvalue weighted by Crippen LogP contribution is 2.19. The molecule has 0 saturated carbocycles. The molecule has 0 unspecified atom stereocenters. The number of rotatable bonds is 2. The second kappa shape index (κ2) is 4.50. The van der Waals surface area contributed by atoms with Crippen LogP contribution in [-0.4, -0.2) is 21.8 Å². The highest BCUT2D eigenvalue weighted by molar-refractivity contribution is 6.29. The van der Waals surface area contributed by atoms with E-state index in [9.17, 15) is 14.0 Å². The first kappa shape index (κ1) is 11.5. The zero-order chi connectivity index (χ0) is 12.4. The fourth-order valence-corrected chi connectivity index (χ4v) is 1.44. The number of hydrogen-bond acceptors (Lipinski definition) is 3. The van der Waals surface area contributed by atoms with Gasteiger partial charge in [0.15, 0.2) is 0 Å². The zero-order valence-corrected chi connectivity index (χ0v) is 9.21. The molecule has 2 N–H and O–H groups in total. The van der Waals surface area contributed by atoms with Gasteiger partial charge in [0.25, 0.3) is 5.56 Å². The number of anilines is 1. The molecule has 0 saturated heterocycles. The summed E-state index contributed by atoms with van der Waals surface area (Å²) in [5, 5.41) is 2.45. The molecule has 0 fully saturated rings. The SMILES string of the molecule is O=C(CCl)Nc1cc2c(=O)[nH]cnc2cc1F. The summed E-state index contributed by atoms with van der Waals surface area (Å²) in [6, 6.07) is 2.30. The third kappa shape index (κ3) is 2.26. The predicted molar refractivity (Wildman–Crippen MR) is 61.7 cm³/mol. The van der Waals surface area contributed by atoms with E-state index < -0.39 is 17.3 Å². The number of benzene rings is 1. The summed E-state index contributed by atoms with van der Waals surface area (Å²) in [5.74, 6) is -1.51. The van der Waals surface area contributed by atoms with Gasteiger partial charge in [-0.3, -0.25) is 9.59 Å². The zero-order valence-electron chi connectivity index (χ0n) is 8.46. The minimum Gasteiger partial charge on any atom is -0.323 e. The first-order valence-corrected chi connectivity index (χ1v) is 5.18. The number of amides is 1. The summed E-state index contributed by atoms with van der Waals surface area (Å²) >= 11 is 5.29. The number of nitrogens with zero attached hydrogens (tertiary/aromatic N) is 1. The van der Waals surface area contributed by atoms with Crippen molar-refractivity contribution in [1.29, 1.82) is 0 Å². The topological polar surface area (TPSA) is 74.8 Å². The van der Waals surface area contributed by atoms with Gasteiger partial charge in [0.1, 0.15) is 11.7 Å². The lowest BCUT2D eigenvalue weighted by atomic mass is 10.2. The Balaban J connectivity index is 2.58. The Hall–Kier alpha value is -1.95. The second-order valence-electron chi connectivity index (χ2n) is 3.26. The first-order chi connectivity index (χ1) is 8.11. The lowest BCUT2D eigenvalue weighted by molar-refractivity contribution is -0.113. The maximum atomic E-state index is 13.5. The molecule has 1 amide bonds. The summed E-state index contributed by atoms with van der Waals surface area (Å²) in [4.78, 5) is 28.7. The maximum absolute atomic E-state index is 13.5. The van der Waals surface area contributed by atoms with Crippen LogP contribution >= 0.6 is 11.6 Å². The molecule has 2 rings (SSSR count). The fraction of sp³-hybridized carbons (Fsp3) is 0.100. The first-order valence-electron chi connectivity index (χ1n) is 4.64. The van der Waals surface area contributed by atoms with Gasteiger partial charge in [-0.05, 0) is 6.07 Å². The Morgan fingerprint density at radius 3 is 3.00 bits per heavy atom. The lowest BCUT2D eigenvalue weighted by Crippen LogP contribution is -2.15. The van der Waals surface area contributed by atoms with Crippen LogP contribution in [0.15, 0.2) is 23.3 Å². The highest BCUT2D eigenvalue weighted by atomic mass is 35.5. The third-order valence-corrected chi connectivity index (χ3v) is 2.37. The minimum absolute atomic E-state index is 0.0957. The van der Waals surface area contributed by atoms with E-state index in [1.807, 2.05) is 0 Å². The molecule has 1 aromatic carbocycles. The Labute approximate surface area is 99.6 Å². The monoisotopic (exact) mass is 255 g/mol. The molecule has 0 aliphatic carbocycles. The number of nitrogens with one attached hydrogen (secondary N) is 2. The number of fused-ring (bicyclic) bond motifs is 1. The lowest BCUT2D eigenvalue weighted by Gasteiger charge is -2.05. The van der Waals surface area contributed by atoms with Crippen LogP contribution in [0.1, 0.15) is 0 Å². The Morgan fingerprint density at radius 1 is 1.53 bits per heavy atom. The molecule has 2 aromatic rings. The standard InChI is InChI=1S/C10H7ClFN3O2/c11-3-9(16)15-8-1-5-7(2-6(8)12)13-4-14-10(5)17/h1-2,4H,3H2,(H,15,16)(H,13,14,17). The van der Waals surface area contributed by atoms with Crippen molar-refractivity contribution in [3.05, 3.63) is 34.6 Å². The average molecular weight is 256 g/mol. The van der Waals surface area contributed by atoms with E-state index in [1.54, 1.807) is 0 Å². The Bertz CT molecular complexity index is 641. The van der Waals surface area contributed by atoms with Gasteiger partial charge in [-0.25, -0.2) is 9.37 Å². The van der Waals surface area contributed by atoms with Crippen molar-refractivity contribution >= 4 is 34.1 Å². The molecule has 0 aliphatic heterocycles. The van der Waals surface area contributed by atoms with Crippen LogP contribution in [0.4, 0.5) is 10.1 Å².